The molecule has 4 rings (SSSR count). The van der Waals surface area contributed by atoms with Gasteiger partial charge < -0.3 is 15.9 Å². The Hall–Kier alpha value is -1.06. The minimum Gasteiger partial charge on any atom is -0.508 e. The third-order valence-electron chi connectivity index (χ3n) is 9.11. The van der Waals surface area contributed by atoms with Gasteiger partial charge in [-0.2, -0.15) is 0 Å². The topological polar surface area (TPSA) is 66.5 Å². The highest BCUT2D eigenvalue weighted by Crippen LogP contribution is 2.62. The number of phenolic OH excluding ortho intramolecular Hbond substituents is 1. The van der Waals surface area contributed by atoms with Gasteiger partial charge >= 0.3 is 0 Å². The Bertz CT molecular complexity index is 704. The fraction of sp³-hybridized carbons (Fsp3) is 0.778. The lowest BCUT2D eigenvalue weighted by Crippen LogP contribution is -2.47. The lowest BCUT2D eigenvalue weighted by molar-refractivity contribution is -0.0396. The van der Waals surface area contributed by atoms with Gasteiger partial charge in [-0.15, -0.1) is 0 Å². The number of benzene rings is 1. The predicted molar refractivity (Wildman–Crippen MR) is 124 cm³/mol. The van der Waals surface area contributed by atoms with E-state index in [2.05, 4.69) is 13.0 Å². The molecule has 0 heterocycles. The Kier molecular flexibility index (Phi) is 7.09. The van der Waals surface area contributed by atoms with Gasteiger partial charge in [-0.3, -0.25) is 0 Å². The molecule has 4 N–H and O–H groups in total. The van der Waals surface area contributed by atoms with E-state index in [-0.39, 0.29) is 11.5 Å². The Morgan fingerprint density at radius 2 is 1.73 bits per heavy atom. The van der Waals surface area contributed by atoms with Crippen LogP contribution in [0.3, 0.4) is 0 Å². The zero-order valence-electron chi connectivity index (χ0n) is 19.0. The summed E-state index contributed by atoms with van der Waals surface area (Å²) in [5.41, 5.74) is 8.61. The number of rotatable bonds is 9. The van der Waals surface area contributed by atoms with Crippen molar-refractivity contribution in [2.24, 2.45) is 28.9 Å². The van der Waals surface area contributed by atoms with E-state index in [4.69, 9.17) is 5.73 Å². The second-order valence-electron chi connectivity index (χ2n) is 10.8. The monoisotopic (exact) mass is 413 g/mol. The molecule has 0 saturated heterocycles. The fourth-order valence-electron chi connectivity index (χ4n) is 7.47. The van der Waals surface area contributed by atoms with Crippen LogP contribution < -0.4 is 5.73 Å². The molecule has 0 bridgehead atoms. The van der Waals surface area contributed by atoms with Crippen molar-refractivity contribution in [3.63, 3.8) is 0 Å². The van der Waals surface area contributed by atoms with E-state index in [0.717, 1.165) is 25.8 Å². The van der Waals surface area contributed by atoms with Crippen molar-refractivity contribution >= 4 is 0 Å². The molecule has 1 aromatic carbocycles. The molecule has 168 valence electrons. The highest BCUT2D eigenvalue weighted by molar-refractivity contribution is 5.40. The summed E-state index contributed by atoms with van der Waals surface area (Å²) in [7, 11) is 0. The number of hydrogen-bond donors (Lipinski definition) is 3. The lowest BCUT2D eigenvalue weighted by Gasteiger charge is -2.53. The van der Waals surface area contributed by atoms with Crippen LogP contribution in [0.2, 0.25) is 0 Å². The molecular formula is C27H43NO2. The van der Waals surface area contributed by atoms with Crippen molar-refractivity contribution in [1.29, 1.82) is 0 Å². The molecule has 0 aromatic heterocycles. The van der Waals surface area contributed by atoms with Crippen LogP contribution >= 0.6 is 0 Å². The zero-order valence-corrected chi connectivity index (χ0v) is 19.0. The van der Waals surface area contributed by atoms with Crippen molar-refractivity contribution in [2.45, 2.75) is 102 Å². The second-order valence-corrected chi connectivity index (χ2v) is 10.8. The van der Waals surface area contributed by atoms with Crippen molar-refractivity contribution in [3.8, 4) is 5.75 Å². The molecule has 0 amide bonds. The van der Waals surface area contributed by atoms with E-state index in [1.165, 1.54) is 75.3 Å². The Balaban J connectivity index is 1.43. The number of aromatic hydroxyl groups is 1. The van der Waals surface area contributed by atoms with Crippen LogP contribution in [0.15, 0.2) is 18.2 Å². The summed E-state index contributed by atoms with van der Waals surface area (Å²) in [5.74, 6) is 3.12. The van der Waals surface area contributed by atoms with Crippen molar-refractivity contribution in [1.82, 2.24) is 0 Å². The number of fused-ring (bicyclic) bond motifs is 5. The summed E-state index contributed by atoms with van der Waals surface area (Å²) in [6.07, 6.45) is 16.0. The van der Waals surface area contributed by atoms with Crippen LogP contribution in [-0.4, -0.2) is 22.9 Å². The Labute approximate surface area is 183 Å². The Morgan fingerprint density at radius 1 is 1.00 bits per heavy atom. The SMILES string of the molecule is C[C@]12CCC3c4ccc(O)cc4C[C@@H](CCCCCCCCCN)C3C1CC[C@@H]2O. The molecule has 6 atom stereocenters. The third kappa shape index (κ3) is 4.30. The van der Waals surface area contributed by atoms with Gasteiger partial charge in [-0.25, -0.2) is 0 Å². The van der Waals surface area contributed by atoms with E-state index >= 15 is 0 Å². The van der Waals surface area contributed by atoms with Crippen molar-refractivity contribution in [3.05, 3.63) is 29.3 Å². The summed E-state index contributed by atoms with van der Waals surface area (Å²) in [4.78, 5) is 0. The zero-order chi connectivity index (χ0) is 21.1. The van der Waals surface area contributed by atoms with Crippen LogP contribution in [0.4, 0.5) is 0 Å². The van der Waals surface area contributed by atoms with E-state index in [9.17, 15) is 10.2 Å². The molecule has 0 spiro atoms. The molecule has 0 aliphatic heterocycles. The van der Waals surface area contributed by atoms with Gasteiger partial charge in [0.1, 0.15) is 5.75 Å². The highest BCUT2D eigenvalue weighted by atomic mass is 16.3. The molecule has 1 aromatic rings. The molecule has 3 unspecified atom stereocenters. The fourth-order valence-corrected chi connectivity index (χ4v) is 7.47. The van der Waals surface area contributed by atoms with Crippen LogP contribution in [-0.2, 0) is 6.42 Å². The average Bonchev–Trinajstić information content (AvgIpc) is 3.04. The Morgan fingerprint density at radius 3 is 2.50 bits per heavy atom. The summed E-state index contributed by atoms with van der Waals surface area (Å²) >= 11 is 0. The van der Waals surface area contributed by atoms with Crippen LogP contribution in [0.5, 0.6) is 5.75 Å². The normalized spacial score (nSPS) is 35.0. The first kappa shape index (κ1) is 22.1. The summed E-state index contributed by atoms with van der Waals surface area (Å²) in [5, 5.41) is 20.9. The van der Waals surface area contributed by atoms with E-state index in [0.29, 0.717) is 29.4 Å². The van der Waals surface area contributed by atoms with Gasteiger partial charge in [0.2, 0.25) is 0 Å². The quantitative estimate of drug-likeness (QED) is 0.441. The molecule has 3 heteroatoms. The number of hydrogen-bond acceptors (Lipinski definition) is 3. The summed E-state index contributed by atoms with van der Waals surface area (Å²) in [6.45, 7) is 3.20. The molecule has 3 aliphatic carbocycles. The minimum atomic E-state index is -0.112. The number of phenols is 1. The van der Waals surface area contributed by atoms with E-state index < -0.39 is 0 Å². The van der Waals surface area contributed by atoms with Gasteiger partial charge in [0, 0.05) is 0 Å². The standard InChI is InChI=1S/C27H43NO2/c1-27-15-14-23-22-11-10-21(29)18-20(22)17-19(26(23)24(27)12-13-25(27)30)9-7-5-3-2-4-6-8-16-28/h10-11,18-19,23-26,29-30H,2-9,12-17,28H2,1H3/t19-,23?,24?,25+,26?,27+/m1/s1. The molecular weight excluding hydrogens is 370 g/mol. The first-order chi connectivity index (χ1) is 14.5. The molecule has 3 nitrogen and oxygen atoms in total. The first-order valence-corrected chi connectivity index (χ1v) is 12.7. The number of unbranched alkanes of at least 4 members (excludes halogenated alkanes) is 6. The minimum absolute atomic E-state index is 0.112. The maximum atomic E-state index is 10.8. The maximum Gasteiger partial charge on any atom is 0.115 e. The van der Waals surface area contributed by atoms with Crippen LogP contribution in [0.25, 0.3) is 0 Å². The van der Waals surface area contributed by atoms with E-state index in [1.807, 2.05) is 12.1 Å². The molecule has 2 saturated carbocycles. The van der Waals surface area contributed by atoms with Crippen LogP contribution in [0.1, 0.15) is 101 Å². The highest BCUT2D eigenvalue weighted by Gasteiger charge is 2.56. The number of nitrogens with two attached hydrogens (primary N) is 1. The second kappa shape index (κ2) is 9.61. The van der Waals surface area contributed by atoms with Crippen LogP contribution in [0, 0.1) is 23.2 Å². The number of aliphatic hydroxyl groups excluding tert-OH is 1. The summed E-state index contributed by atoms with van der Waals surface area (Å²) < 4.78 is 0. The maximum absolute atomic E-state index is 10.8. The smallest absolute Gasteiger partial charge is 0.115 e. The van der Waals surface area contributed by atoms with Crippen molar-refractivity contribution in [2.75, 3.05) is 6.54 Å². The van der Waals surface area contributed by atoms with Crippen molar-refractivity contribution < 1.29 is 10.2 Å². The van der Waals surface area contributed by atoms with E-state index in [1.54, 1.807) is 0 Å². The predicted octanol–water partition coefficient (Wildman–Crippen LogP) is 5.91. The third-order valence-corrected chi connectivity index (χ3v) is 9.11. The molecule has 3 aliphatic rings. The molecule has 0 radical (unpaired) electrons. The molecule has 30 heavy (non-hydrogen) atoms. The van der Waals surface area contributed by atoms with Gasteiger partial charge in [0.15, 0.2) is 0 Å². The first-order valence-electron chi connectivity index (χ1n) is 12.7. The average molecular weight is 414 g/mol. The summed E-state index contributed by atoms with van der Waals surface area (Å²) in [6, 6.07) is 6.12. The lowest BCUT2D eigenvalue weighted by atomic mass is 9.52. The largest absolute Gasteiger partial charge is 0.508 e. The van der Waals surface area contributed by atoms with Gasteiger partial charge in [-0.05, 0) is 104 Å². The van der Waals surface area contributed by atoms with Gasteiger partial charge in [-0.1, -0.05) is 51.5 Å². The molecule has 2 fully saturated rings. The van der Waals surface area contributed by atoms with Gasteiger partial charge in [0.25, 0.3) is 0 Å². The number of aliphatic hydroxyl groups is 1. The van der Waals surface area contributed by atoms with Gasteiger partial charge in [0.05, 0.1) is 6.10 Å².